The molecule has 1 atom stereocenters. The van der Waals surface area contributed by atoms with E-state index in [0.717, 1.165) is 22.2 Å². The Balaban J connectivity index is 1.84. The number of nitrogens with one attached hydrogen (secondary N) is 1. The second kappa shape index (κ2) is 8.14. The minimum atomic E-state index is -3.80. The molecule has 9 heteroatoms. The lowest BCUT2D eigenvalue weighted by Crippen LogP contribution is -2.45. The second-order valence-corrected chi connectivity index (χ2v) is 9.75. The van der Waals surface area contributed by atoms with Gasteiger partial charge in [0.25, 0.3) is 0 Å². The fourth-order valence-electron chi connectivity index (χ4n) is 3.49. The molecule has 30 heavy (non-hydrogen) atoms. The molecule has 1 aliphatic heterocycles. The van der Waals surface area contributed by atoms with Gasteiger partial charge in [0.2, 0.25) is 15.9 Å². The third-order valence-electron chi connectivity index (χ3n) is 4.80. The molecule has 0 radical (unpaired) electrons. The third-order valence-corrected chi connectivity index (χ3v) is 5.94. The summed E-state index contributed by atoms with van der Waals surface area (Å²) in [7, 11) is -2.24. The Morgan fingerprint density at radius 1 is 1.30 bits per heavy atom. The first-order valence-corrected chi connectivity index (χ1v) is 11.2. The van der Waals surface area contributed by atoms with Crippen LogP contribution in [0.2, 0.25) is 0 Å². The highest BCUT2D eigenvalue weighted by molar-refractivity contribution is 7.92. The molecule has 1 amide bonds. The van der Waals surface area contributed by atoms with Crippen molar-refractivity contribution in [2.24, 2.45) is 0 Å². The highest BCUT2D eigenvalue weighted by Gasteiger charge is 2.35. The number of nitrogens with zero attached hydrogens (tertiary/aromatic N) is 1. The summed E-state index contributed by atoms with van der Waals surface area (Å²) in [5.74, 6) is 0.136. The van der Waals surface area contributed by atoms with Crippen molar-refractivity contribution in [1.82, 2.24) is 5.32 Å². The predicted molar refractivity (Wildman–Crippen MR) is 112 cm³/mol. The number of halogens is 1. The summed E-state index contributed by atoms with van der Waals surface area (Å²) in [6.45, 7) is 3.35. The fourth-order valence-corrected chi connectivity index (χ4v) is 4.34. The maximum absolute atomic E-state index is 13.6. The molecule has 0 fully saturated rings. The van der Waals surface area contributed by atoms with E-state index in [1.54, 1.807) is 19.2 Å². The van der Waals surface area contributed by atoms with Crippen LogP contribution in [0, 0.1) is 5.82 Å². The van der Waals surface area contributed by atoms with Crippen molar-refractivity contribution in [3.05, 3.63) is 53.8 Å². The van der Waals surface area contributed by atoms with E-state index in [0.29, 0.717) is 17.9 Å². The van der Waals surface area contributed by atoms with E-state index in [2.05, 4.69) is 5.32 Å². The van der Waals surface area contributed by atoms with E-state index in [-0.39, 0.29) is 11.7 Å². The molecule has 1 heterocycles. The van der Waals surface area contributed by atoms with E-state index < -0.39 is 33.9 Å². The normalized spacial score (nSPS) is 17.4. The van der Waals surface area contributed by atoms with Crippen molar-refractivity contribution in [1.29, 1.82) is 0 Å². The van der Waals surface area contributed by atoms with E-state index in [9.17, 15) is 17.6 Å². The summed E-state index contributed by atoms with van der Waals surface area (Å²) < 4.78 is 50.2. The summed E-state index contributed by atoms with van der Waals surface area (Å²) >= 11 is 0. The maximum Gasteiger partial charge on any atom is 0.241 e. The summed E-state index contributed by atoms with van der Waals surface area (Å²) in [5, 5.41) is 2.90. The number of ether oxygens (including phenoxy) is 2. The van der Waals surface area contributed by atoms with Gasteiger partial charge in [0.15, 0.2) is 0 Å². The number of fused-ring (bicyclic) bond motifs is 1. The van der Waals surface area contributed by atoms with Crippen LogP contribution in [0.5, 0.6) is 11.5 Å². The van der Waals surface area contributed by atoms with Gasteiger partial charge < -0.3 is 14.8 Å². The third kappa shape index (κ3) is 5.02. The fraction of sp³-hybridized carbons (Fsp3) is 0.381. The van der Waals surface area contributed by atoms with Gasteiger partial charge in [-0.15, -0.1) is 0 Å². The van der Waals surface area contributed by atoms with Crippen molar-refractivity contribution >= 4 is 21.6 Å². The first-order chi connectivity index (χ1) is 14.0. The molecule has 162 valence electrons. The molecular weight excluding hydrogens is 411 g/mol. The smallest absolute Gasteiger partial charge is 0.241 e. The zero-order valence-corrected chi connectivity index (χ0v) is 18.1. The Morgan fingerprint density at radius 3 is 2.67 bits per heavy atom. The zero-order chi connectivity index (χ0) is 22.1. The lowest BCUT2D eigenvalue weighted by atomic mass is 9.89. The Hall–Kier alpha value is -2.81. The van der Waals surface area contributed by atoms with Gasteiger partial charge in [0.05, 0.1) is 25.1 Å². The second-order valence-electron chi connectivity index (χ2n) is 7.84. The number of benzene rings is 2. The number of hydrogen-bond acceptors (Lipinski definition) is 5. The first kappa shape index (κ1) is 21.9. The molecule has 0 aliphatic carbocycles. The molecule has 0 unspecified atom stereocenters. The lowest BCUT2D eigenvalue weighted by molar-refractivity contribution is -0.120. The van der Waals surface area contributed by atoms with E-state index in [1.807, 2.05) is 19.9 Å². The average Bonchev–Trinajstić information content (AvgIpc) is 2.63. The number of hydrogen-bond donors (Lipinski definition) is 1. The summed E-state index contributed by atoms with van der Waals surface area (Å²) in [4.78, 5) is 12.8. The van der Waals surface area contributed by atoms with Gasteiger partial charge in [-0.05, 0) is 44.2 Å². The van der Waals surface area contributed by atoms with Gasteiger partial charge >= 0.3 is 0 Å². The summed E-state index contributed by atoms with van der Waals surface area (Å²) in [6.07, 6.45) is 1.47. The predicted octanol–water partition coefficient (Wildman–Crippen LogP) is 3.02. The highest BCUT2D eigenvalue weighted by Crippen LogP contribution is 2.41. The quantitative estimate of drug-likeness (QED) is 0.753. The van der Waals surface area contributed by atoms with Gasteiger partial charge in [-0.25, -0.2) is 12.8 Å². The largest absolute Gasteiger partial charge is 0.497 e. The maximum atomic E-state index is 13.6. The number of carbonyl (C=O) groups is 1. The molecule has 0 bridgehead atoms. The zero-order valence-electron chi connectivity index (χ0n) is 17.3. The highest BCUT2D eigenvalue weighted by atomic mass is 32.2. The van der Waals surface area contributed by atoms with Crippen LogP contribution in [0.15, 0.2) is 42.5 Å². The van der Waals surface area contributed by atoms with Crippen LogP contribution in [0.3, 0.4) is 0 Å². The molecule has 3 rings (SSSR count). The molecule has 0 aromatic heterocycles. The lowest BCUT2D eigenvalue weighted by Gasteiger charge is -2.38. The Bertz CT molecular complexity index is 1060. The Labute approximate surface area is 175 Å². The van der Waals surface area contributed by atoms with Gasteiger partial charge in [-0.2, -0.15) is 0 Å². The van der Waals surface area contributed by atoms with Crippen LogP contribution < -0.4 is 19.1 Å². The minimum absolute atomic E-state index is 0.0880. The van der Waals surface area contributed by atoms with Crippen LogP contribution in [0.1, 0.15) is 31.9 Å². The number of rotatable bonds is 6. The Kier molecular flexibility index (Phi) is 5.94. The first-order valence-electron chi connectivity index (χ1n) is 9.38. The van der Waals surface area contributed by atoms with Crippen LogP contribution >= 0.6 is 0 Å². The standard InChI is InChI=1S/C21H25FN2O5S/c1-21(2)12-18(17-9-8-16(28-3)11-19(17)29-21)23-20(25)13-24(30(4,26)27)15-7-5-6-14(22)10-15/h5-11,18H,12-13H2,1-4H3,(H,23,25)/t18-/m0/s1. The van der Waals surface area contributed by atoms with Crippen molar-refractivity contribution in [2.75, 3.05) is 24.2 Å². The monoisotopic (exact) mass is 436 g/mol. The van der Waals surface area contributed by atoms with Crippen LogP contribution in [-0.4, -0.2) is 39.8 Å². The number of carbonyl (C=O) groups excluding carboxylic acids is 1. The van der Waals surface area contributed by atoms with E-state index in [4.69, 9.17) is 9.47 Å². The van der Waals surface area contributed by atoms with Crippen LogP contribution in [0.25, 0.3) is 0 Å². The molecule has 7 nitrogen and oxygen atoms in total. The number of amides is 1. The van der Waals surface area contributed by atoms with Gasteiger partial charge in [-0.1, -0.05) is 6.07 Å². The van der Waals surface area contributed by atoms with Gasteiger partial charge in [-0.3, -0.25) is 9.10 Å². The van der Waals surface area contributed by atoms with Crippen molar-refractivity contribution in [3.63, 3.8) is 0 Å². The number of anilines is 1. The van der Waals surface area contributed by atoms with Crippen LogP contribution in [0.4, 0.5) is 10.1 Å². The molecule has 1 N–H and O–H groups in total. The molecule has 0 spiro atoms. The molecule has 0 saturated carbocycles. The topological polar surface area (TPSA) is 84.9 Å². The summed E-state index contributed by atoms with van der Waals surface area (Å²) in [5.41, 5.74) is 0.321. The van der Waals surface area contributed by atoms with Crippen molar-refractivity contribution in [2.45, 2.75) is 31.9 Å². The average molecular weight is 437 g/mol. The SMILES string of the molecule is COc1ccc2c(c1)OC(C)(C)C[C@@H]2NC(=O)CN(c1cccc(F)c1)S(C)(=O)=O. The van der Waals surface area contributed by atoms with Crippen molar-refractivity contribution < 1.29 is 27.1 Å². The van der Waals surface area contributed by atoms with E-state index in [1.165, 1.54) is 18.2 Å². The van der Waals surface area contributed by atoms with Crippen LogP contribution in [-0.2, 0) is 14.8 Å². The summed E-state index contributed by atoms with van der Waals surface area (Å²) in [6, 6.07) is 10.1. The van der Waals surface area contributed by atoms with Gasteiger partial charge in [0.1, 0.15) is 29.5 Å². The molecule has 1 aliphatic rings. The number of sulfonamides is 1. The van der Waals surface area contributed by atoms with Gasteiger partial charge in [0, 0.05) is 18.1 Å². The molecular formula is C21H25FN2O5S. The molecule has 0 saturated heterocycles. The van der Waals surface area contributed by atoms with E-state index >= 15 is 0 Å². The molecule has 2 aromatic rings. The molecule has 2 aromatic carbocycles. The minimum Gasteiger partial charge on any atom is -0.497 e. The number of methoxy groups -OCH3 is 1. The van der Waals surface area contributed by atoms with Crippen molar-refractivity contribution in [3.8, 4) is 11.5 Å². The Morgan fingerprint density at radius 2 is 2.03 bits per heavy atom.